The molecule has 1 unspecified atom stereocenters. The summed E-state index contributed by atoms with van der Waals surface area (Å²) >= 11 is 0. The lowest BCUT2D eigenvalue weighted by Crippen LogP contribution is -2.28. The number of hydrogen-bond acceptors (Lipinski definition) is 4. The highest BCUT2D eigenvalue weighted by Crippen LogP contribution is 2.19. The SMILES string of the molecule is CCc1oc(C(=O)OC2CCN(C(C)=O)C2)cc1C. The molecule has 2 heterocycles. The second kappa shape index (κ2) is 5.47. The fraction of sp³-hybridized carbons (Fsp3) is 0.571. The smallest absolute Gasteiger partial charge is 0.374 e. The highest BCUT2D eigenvalue weighted by atomic mass is 16.6. The normalized spacial score (nSPS) is 18.7. The molecule has 0 radical (unpaired) electrons. The second-order valence-corrected chi connectivity index (χ2v) is 4.85. The minimum atomic E-state index is -0.446. The van der Waals surface area contributed by atoms with Crippen LogP contribution in [0.4, 0.5) is 0 Å². The first-order valence-electron chi connectivity index (χ1n) is 6.57. The highest BCUT2D eigenvalue weighted by Gasteiger charge is 2.28. The summed E-state index contributed by atoms with van der Waals surface area (Å²) in [5.74, 6) is 0.623. The molecule has 0 aliphatic carbocycles. The Morgan fingerprint density at radius 3 is 2.79 bits per heavy atom. The number of rotatable bonds is 3. The average molecular weight is 265 g/mol. The number of carbonyl (C=O) groups excluding carboxylic acids is 2. The van der Waals surface area contributed by atoms with Gasteiger partial charge in [-0.15, -0.1) is 0 Å². The first kappa shape index (κ1) is 13.6. The minimum Gasteiger partial charge on any atom is -0.455 e. The van der Waals surface area contributed by atoms with Gasteiger partial charge in [0.05, 0.1) is 6.54 Å². The van der Waals surface area contributed by atoms with Crippen LogP contribution in [0.3, 0.4) is 0 Å². The molecule has 0 saturated carbocycles. The van der Waals surface area contributed by atoms with E-state index < -0.39 is 5.97 Å². The maximum Gasteiger partial charge on any atom is 0.374 e. The number of likely N-dealkylation sites (tertiary alicyclic amines) is 1. The van der Waals surface area contributed by atoms with Crippen LogP contribution in [0.15, 0.2) is 10.5 Å². The Hall–Kier alpha value is -1.78. The Bertz CT molecular complexity index is 492. The first-order valence-corrected chi connectivity index (χ1v) is 6.57. The number of esters is 1. The van der Waals surface area contributed by atoms with Crippen LogP contribution in [0.25, 0.3) is 0 Å². The van der Waals surface area contributed by atoms with Crippen molar-refractivity contribution in [3.05, 3.63) is 23.2 Å². The number of carbonyl (C=O) groups is 2. The van der Waals surface area contributed by atoms with E-state index in [-0.39, 0.29) is 17.8 Å². The van der Waals surface area contributed by atoms with Gasteiger partial charge in [0.2, 0.25) is 11.7 Å². The van der Waals surface area contributed by atoms with Crippen molar-refractivity contribution in [2.24, 2.45) is 0 Å². The molecule has 1 aliphatic heterocycles. The van der Waals surface area contributed by atoms with Gasteiger partial charge >= 0.3 is 5.97 Å². The molecule has 2 rings (SSSR count). The van der Waals surface area contributed by atoms with Crippen LogP contribution in [0.5, 0.6) is 0 Å². The average Bonchev–Trinajstić information content (AvgIpc) is 2.95. The van der Waals surface area contributed by atoms with Crippen molar-refractivity contribution in [2.45, 2.75) is 39.7 Å². The van der Waals surface area contributed by atoms with E-state index in [9.17, 15) is 9.59 Å². The van der Waals surface area contributed by atoms with E-state index in [2.05, 4.69) is 0 Å². The van der Waals surface area contributed by atoms with E-state index in [1.165, 1.54) is 6.92 Å². The number of furan rings is 1. The lowest BCUT2D eigenvalue weighted by atomic mass is 10.2. The zero-order valence-corrected chi connectivity index (χ0v) is 11.6. The molecule has 5 heteroatoms. The minimum absolute atomic E-state index is 0.0145. The van der Waals surface area contributed by atoms with Gasteiger partial charge in [-0.05, 0) is 18.6 Å². The quantitative estimate of drug-likeness (QED) is 0.783. The Kier molecular flexibility index (Phi) is 3.93. The Labute approximate surface area is 112 Å². The molecule has 5 nitrogen and oxygen atoms in total. The number of hydrogen-bond donors (Lipinski definition) is 0. The molecule has 0 bridgehead atoms. The van der Waals surface area contributed by atoms with E-state index in [0.717, 1.165) is 17.7 Å². The molecule has 0 aromatic carbocycles. The van der Waals surface area contributed by atoms with E-state index in [0.29, 0.717) is 19.5 Å². The monoisotopic (exact) mass is 265 g/mol. The largest absolute Gasteiger partial charge is 0.455 e. The Morgan fingerprint density at radius 1 is 1.53 bits per heavy atom. The highest BCUT2D eigenvalue weighted by molar-refractivity contribution is 5.87. The van der Waals surface area contributed by atoms with Crippen molar-refractivity contribution >= 4 is 11.9 Å². The van der Waals surface area contributed by atoms with E-state index in [1.807, 2.05) is 13.8 Å². The number of ether oxygens (including phenoxy) is 1. The molecule has 1 aromatic rings. The maximum atomic E-state index is 11.9. The van der Waals surface area contributed by atoms with Gasteiger partial charge in [0.25, 0.3) is 0 Å². The summed E-state index contributed by atoms with van der Waals surface area (Å²) in [6, 6.07) is 1.71. The van der Waals surface area contributed by atoms with Crippen LogP contribution in [0, 0.1) is 6.92 Å². The summed E-state index contributed by atoms with van der Waals surface area (Å²) < 4.78 is 10.8. The number of nitrogens with zero attached hydrogens (tertiary/aromatic N) is 1. The lowest BCUT2D eigenvalue weighted by molar-refractivity contribution is -0.128. The zero-order chi connectivity index (χ0) is 14.0. The van der Waals surface area contributed by atoms with Crippen molar-refractivity contribution in [2.75, 3.05) is 13.1 Å². The molecule has 1 saturated heterocycles. The fourth-order valence-electron chi connectivity index (χ4n) is 2.29. The molecule has 1 atom stereocenters. The molecular formula is C14H19NO4. The molecule has 19 heavy (non-hydrogen) atoms. The van der Waals surface area contributed by atoms with Gasteiger partial charge in [-0.25, -0.2) is 4.79 Å². The van der Waals surface area contributed by atoms with Gasteiger partial charge in [0.1, 0.15) is 11.9 Å². The summed E-state index contributed by atoms with van der Waals surface area (Å²) in [6.07, 6.45) is 1.21. The number of aryl methyl sites for hydroxylation is 2. The van der Waals surface area contributed by atoms with Crippen molar-refractivity contribution in [1.29, 1.82) is 0 Å². The standard InChI is InChI=1S/C14H19NO4/c1-4-12-9(2)7-13(19-12)14(17)18-11-5-6-15(8-11)10(3)16/h7,11H,4-6,8H2,1-3H3. The third-order valence-electron chi connectivity index (χ3n) is 3.41. The topological polar surface area (TPSA) is 59.8 Å². The molecule has 1 fully saturated rings. The molecule has 1 aliphatic rings. The van der Waals surface area contributed by atoms with Crippen LogP contribution in [-0.4, -0.2) is 36.0 Å². The summed E-state index contributed by atoms with van der Waals surface area (Å²) in [5, 5.41) is 0. The summed E-state index contributed by atoms with van der Waals surface area (Å²) in [6.45, 7) is 6.52. The van der Waals surface area contributed by atoms with Gasteiger partial charge < -0.3 is 14.1 Å². The predicted molar refractivity (Wildman–Crippen MR) is 68.9 cm³/mol. The van der Waals surface area contributed by atoms with Gasteiger partial charge in [-0.3, -0.25) is 4.79 Å². The third-order valence-corrected chi connectivity index (χ3v) is 3.41. The van der Waals surface area contributed by atoms with Crippen LogP contribution >= 0.6 is 0 Å². The zero-order valence-electron chi connectivity index (χ0n) is 11.6. The summed E-state index contributed by atoms with van der Waals surface area (Å²) in [5.41, 5.74) is 0.964. The lowest BCUT2D eigenvalue weighted by Gasteiger charge is -2.13. The maximum absolute atomic E-state index is 11.9. The predicted octanol–water partition coefficient (Wildman–Crippen LogP) is 1.93. The second-order valence-electron chi connectivity index (χ2n) is 4.85. The summed E-state index contributed by atoms with van der Waals surface area (Å²) in [7, 11) is 0. The van der Waals surface area contributed by atoms with Crippen LogP contribution < -0.4 is 0 Å². The van der Waals surface area contributed by atoms with E-state index in [1.54, 1.807) is 11.0 Å². The third kappa shape index (κ3) is 2.97. The van der Waals surface area contributed by atoms with Crippen molar-refractivity contribution in [3.63, 3.8) is 0 Å². The molecule has 0 spiro atoms. The van der Waals surface area contributed by atoms with Crippen LogP contribution in [-0.2, 0) is 16.0 Å². The molecule has 1 amide bonds. The van der Waals surface area contributed by atoms with Gasteiger partial charge in [0.15, 0.2) is 0 Å². The van der Waals surface area contributed by atoms with Gasteiger partial charge in [0, 0.05) is 26.3 Å². The fourth-order valence-corrected chi connectivity index (χ4v) is 2.29. The van der Waals surface area contributed by atoms with Crippen LogP contribution in [0.1, 0.15) is 42.1 Å². The van der Waals surface area contributed by atoms with Crippen molar-refractivity contribution < 1.29 is 18.7 Å². The Balaban J connectivity index is 1.96. The molecule has 0 N–H and O–H groups in total. The first-order chi connectivity index (χ1) is 9.01. The van der Waals surface area contributed by atoms with Crippen molar-refractivity contribution in [1.82, 2.24) is 4.90 Å². The molecule has 104 valence electrons. The van der Waals surface area contributed by atoms with Gasteiger partial charge in [-0.2, -0.15) is 0 Å². The van der Waals surface area contributed by atoms with E-state index >= 15 is 0 Å². The summed E-state index contributed by atoms with van der Waals surface area (Å²) in [4.78, 5) is 24.8. The molecular weight excluding hydrogens is 246 g/mol. The van der Waals surface area contributed by atoms with E-state index in [4.69, 9.17) is 9.15 Å². The molecule has 1 aromatic heterocycles. The number of amides is 1. The van der Waals surface area contributed by atoms with Crippen LogP contribution in [0.2, 0.25) is 0 Å². The van der Waals surface area contributed by atoms with Gasteiger partial charge in [-0.1, -0.05) is 6.92 Å². The van der Waals surface area contributed by atoms with Crippen molar-refractivity contribution in [3.8, 4) is 0 Å². The Morgan fingerprint density at radius 2 is 2.26 bits per heavy atom.